The summed E-state index contributed by atoms with van der Waals surface area (Å²) in [6, 6.07) is 37.3. The lowest BCUT2D eigenvalue weighted by molar-refractivity contribution is -0.147. The molecule has 0 N–H and O–H groups in total. The summed E-state index contributed by atoms with van der Waals surface area (Å²) in [5, 5.41) is 23.4. The molecule has 0 aromatic heterocycles. The second-order valence-electron chi connectivity index (χ2n) is 16.2. The number of fused-ring (bicyclic) bond motifs is 2. The van der Waals surface area contributed by atoms with Gasteiger partial charge in [-0.15, -0.1) is 0 Å². The second-order valence-corrected chi connectivity index (χ2v) is 16.9. The van der Waals surface area contributed by atoms with Crippen LogP contribution in [0.1, 0.15) is 77.9 Å². The van der Waals surface area contributed by atoms with Crippen LogP contribution in [0.25, 0.3) is 11.1 Å². The van der Waals surface area contributed by atoms with Crippen molar-refractivity contribution >= 4 is 45.9 Å². The van der Waals surface area contributed by atoms with E-state index in [1.807, 2.05) is 60.7 Å². The van der Waals surface area contributed by atoms with Crippen LogP contribution in [-0.4, -0.2) is 11.6 Å². The van der Waals surface area contributed by atoms with Crippen molar-refractivity contribution in [3.05, 3.63) is 196 Å². The number of ketones is 2. The van der Waals surface area contributed by atoms with Crippen molar-refractivity contribution in [2.45, 2.75) is 52.4 Å². The number of rotatable bonds is 2. The monoisotopic (exact) mass is 764 g/mol. The number of halogens is 2. The maximum Gasteiger partial charge on any atom is 0.199 e. The Bertz CT molecular complexity index is 2740. The predicted octanol–water partition coefficient (Wildman–Crippen LogP) is 10.6. The van der Waals surface area contributed by atoms with Crippen molar-refractivity contribution in [1.82, 2.24) is 0 Å². The van der Waals surface area contributed by atoms with Gasteiger partial charge in [0, 0.05) is 0 Å². The van der Waals surface area contributed by atoms with E-state index in [0.29, 0.717) is 22.3 Å². The van der Waals surface area contributed by atoms with E-state index in [1.54, 1.807) is 0 Å². The van der Waals surface area contributed by atoms with Gasteiger partial charge in [0.2, 0.25) is 0 Å². The summed E-state index contributed by atoms with van der Waals surface area (Å²) in [4.78, 5) is 31.5. The highest BCUT2D eigenvalue weighted by Gasteiger charge is 2.91. The molecule has 1 fully saturated rings. The highest BCUT2D eigenvalue weighted by molar-refractivity contribution is 6.58. The second kappa shape index (κ2) is 11.0. The van der Waals surface area contributed by atoms with Crippen molar-refractivity contribution in [2.24, 2.45) is 10.8 Å². The number of carbonyl (C=O) groups excluding carboxylic acids is 2. The van der Waals surface area contributed by atoms with Crippen molar-refractivity contribution in [1.29, 1.82) is 10.5 Å². The van der Waals surface area contributed by atoms with Crippen molar-refractivity contribution < 1.29 is 9.59 Å². The molecule has 6 heteroatoms. The number of Topliss-reactive ketones (excluding diaryl/α,β-unsaturated/α-hetero) is 2. The molecule has 2 bridgehead atoms. The normalized spacial score (nSPS) is 26.3. The minimum atomic E-state index is -2.39. The molecular formula is C50H34Cl2N2O2. The summed E-state index contributed by atoms with van der Waals surface area (Å²) in [7, 11) is 0. The maximum atomic E-state index is 15.8. The van der Waals surface area contributed by atoms with Crippen molar-refractivity contribution in [3.63, 3.8) is 0 Å². The molecule has 270 valence electrons. The van der Waals surface area contributed by atoms with Gasteiger partial charge in [0.15, 0.2) is 22.4 Å². The molecule has 56 heavy (non-hydrogen) atoms. The Balaban J connectivity index is 1.64. The first kappa shape index (κ1) is 34.7. The van der Waals surface area contributed by atoms with E-state index in [9.17, 15) is 10.5 Å². The largest absolute Gasteiger partial charge is 0.291 e. The van der Waals surface area contributed by atoms with E-state index in [4.69, 9.17) is 23.2 Å². The molecule has 5 aromatic carbocycles. The van der Waals surface area contributed by atoms with Gasteiger partial charge < -0.3 is 0 Å². The standard InChI is InChI=1S/C50H34Cl2N2O2/c1-25-19-27(3)37(28(4)20-25)39-31-13-7-9-15-33(31)49-35-17-11-12-18-36(35)50(48(24-54)46(56)44(52)43(51)45(55)47(48,49)23-53)34-16-10-8-14-32(34)40(42(50)41(39)49)38-29(5)21-26(2)22-30(38)6/h7-22H,1-6H3. The van der Waals surface area contributed by atoms with Crippen LogP contribution in [0.3, 0.4) is 0 Å². The summed E-state index contributed by atoms with van der Waals surface area (Å²) < 4.78 is 0. The zero-order valence-corrected chi connectivity index (χ0v) is 33.2. The summed E-state index contributed by atoms with van der Waals surface area (Å²) in [6.45, 7) is 12.6. The Hall–Kier alpha value is -5.78. The van der Waals surface area contributed by atoms with Gasteiger partial charge >= 0.3 is 0 Å². The van der Waals surface area contributed by atoms with Crippen LogP contribution in [0.15, 0.2) is 118 Å². The smallest absolute Gasteiger partial charge is 0.199 e. The average Bonchev–Trinajstić information content (AvgIpc) is 3.65. The molecular weight excluding hydrogens is 731 g/mol. The first-order chi connectivity index (χ1) is 26.8. The minimum absolute atomic E-state index is 0.518. The first-order valence-electron chi connectivity index (χ1n) is 18.8. The molecule has 4 unspecified atom stereocenters. The van der Waals surface area contributed by atoms with Crippen LogP contribution in [0.2, 0.25) is 0 Å². The molecule has 5 aromatic rings. The lowest BCUT2D eigenvalue weighted by atomic mass is 9.26. The number of aryl methyl sites for hydroxylation is 6. The zero-order chi connectivity index (χ0) is 39.4. The van der Waals surface area contributed by atoms with Gasteiger partial charge in [0.1, 0.15) is 10.1 Å². The Morgan fingerprint density at radius 2 is 0.786 bits per heavy atom. The SMILES string of the molecule is Cc1cc(C)c(C2=C3C4=C(c5c(C)cc(C)cc5C)c5ccccc5C45c4ccccc4C3(c3ccccc32)C2(C#N)C(=O)C(Cl)=C(Cl)C(=O)C52C#N)c(C)c1. The van der Waals surface area contributed by atoms with Crippen molar-refractivity contribution in [3.8, 4) is 12.1 Å². The van der Waals surface area contributed by atoms with E-state index >= 15 is 9.59 Å². The fourth-order valence-corrected chi connectivity index (χ4v) is 12.8. The quantitative estimate of drug-likeness (QED) is 0.179. The zero-order valence-electron chi connectivity index (χ0n) is 31.7. The summed E-state index contributed by atoms with van der Waals surface area (Å²) in [5.41, 5.74) is 7.91. The predicted molar refractivity (Wildman–Crippen MR) is 219 cm³/mol. The molecule has 6 aliphatic rings. The van der Waals surface area contributed by atoms with E-state index in [1.165, 1.54) is 0 Å². The topological polar surface area (TPSA) is 81.7 Å². The lowest BCUT2D eigenvalue weighted by Crippen LogP contribution is -2.78. The Kier molecular flexibility index (Phi) is 6.79. The molecule has 0 radical (unpaired) electrons. The third kappa shape index (κ3) is 3.31. The first-order valence-corrected chi connectivity index (χ1v) is 19.5. The van der Waals surface area contributed by atoms with Gasteiger partial charge in [-0.2, -0.15) is 10.5 Å². The van der Waals surface area contributed by atoms with Crippen LogP contribution >= 0.6 is 23.2 Å². The van der Waals surface area contributed by atoms with Gasteiger partial charge in [-0.05, 0) is 131 Å². The Morgan fingerprint density at radius 3 is 1.11 bits per heavy atom. The number of hydrogen-bond acceptors (Lipinski definition) is 4. The molecule has 4 nitrogen and oxygen atoms in total. The van der Waals surface area contributed by atoms with E-state index in [-0.39, 0.29) is 0 Å². The number of nitrogens with zero attached hydrogens (tertiary/aromatic N) is 2. The molecule has 1 saturated carbocycles. The van der Waals surface area contributed by atoms with Crippen LogP contribution in [0.5, 0.6) is 0 Å². The molecule has 2 spiro atoms. The van der Waals surface area contributed by atoms with Crippen LogP contribution in [-0.2, 0) is 20.4 Å². The van der Waals surface area contributed by atoms with Crippen LogP contribution in [0.4, 0.5) is 0 Å². The molecule has 4 atom stereocenters. The molecule has 6 aliphatic carbocycles. The summed E-state index contributed by atoms with van der Waals surface area (Å²) >= 11 is 13.9. The number of benzene rings is 5. The number of carbonyl (C=O) groups is 2. The summed E-state index contributed by atoms with van der Waals surface area (Å²) in [6.07, 6.45) is 0. The van der Waals surface area contributed by atoms with Crippen LogP contribution < -0.4 is 0 Å². The van der Waals surface area contributed by atoms with Crippen molar-refractivity contribution in [2.75, 3.05) is 0 Å². The summed E-state index contributed by atoms with van der Waals surface area (Å²) in [5.74, 6) is -1.64. The van der Waals surface area contributed by atoms with Gasteiger partial charge in [0.25, 0.3) is 0 Å². The molecule has 0 amide bonds. The molecule has 11 rings (SSSR count). The number of hydrogen-bond donors (Lipinski definition) is 0. The van der Waals surface area contributed by atoms with Gasteiger partial charge in [-0.1, -0.05) is 131 Å². The van der Waals surface area contributed by atoms with Gasteiger partial charge in [0.05, 0.1) is 23.0 Å². The average molecular weight is 766 g/mol. The maximum absolute atomic E-state index is 15.8. The molecule has 0 aliphatic heterocycles. The highest BCUT2D eigenvalue weighted by Crippen LogP contribution is 2.86. The van der Waals surface area contributed by atoms with Gasteiger partial charge in [-0.3, -0.25) is 9.59 Å². The number of allylic oxidation sites excluding steroid dienone is 4. The third-order valence-electron chi connectivity index (χ3n) is 13.6. The third-order valence-corrected chi connectivity index (χ3v) is 14.4. The fraction of sp³-hybridized carbons (Fsp3) is 0.200. The Morgan fingerprint density at radius 1 is 0.482 bits per heavy atom. The molecule has 0 saturated heterocycles. The van der Waals surface area contributed by atoms with E-state index in [2.05, 4.69) is 90.1 Å². The Labute approximate surface area is 336 Å². The van der Waals surface area contributed by atoms with E-state index < -0.39 is 43.3 Å². The minimum Gasteiger partial charge on any atom is -0.291 e. The fourth-order valence-electron chi connectivity index (χ4n) is 12.4. The van der Waals surface area contributed by atoms with Crippen LogP contribution in [0, 0.1) is 75.0 Å². The highest BCUT2D eigenvalue weighted by atomic mass is 35.5. The number of nitriles is 2. The van der Waals surface area contributed by atoms with E-state index in [0.717, 1.165) is 77.9 Å². The van der Waals surface area contributed by atoms with Gasteiger partial charge in [-0.25, -0.2) is 0 Å². The molecule has 0 heterocycles. The lowest BCUT2D eigenvalue weighted by Gasteiger charge is -2.69.